The molecule has 0 spiro atoms. The molecule has 6 aromatic carbocycles. The first-order chi connectivity index (χ1) is 16.8. The van der Waals surface area contributed by atoms with Crippen molar-refractivity contribution in [2.75, 3.05) is 4.90 Å². The number of aryl methyl sites for hydroxylation is 1. The Balaban J connectivity index is 1.77. The van der Waals surface area contributed by atoms with Crippen LogP contribution >= 0.6 is 0 Å². The fourth-order valence-corrected chi connectivity index (χ4v) is 5.04. The first-order valence-electron chi connectivity index (χ1n) is 11.5. The molecule has 34 heavy (non-hydrogen) atoms. The second kappa shape index (κ2) is 8.10. The zero-order valence-electron chi connectivity index (χ0n) is 19.0. The summed E-state index contributed by atoms with van der Waals surface area (Å²) in [5.74, 6) is 2.90. The Morgan fingerprint density at radius 3 is 1.97 bits per heavy atom. The van der Waals surface area contributed by atoms with Crippen LogP contribution in [-0.2, 0) is 0 Å². The summed E-state index contributed by atoms with van der Waals surface area (Å²) in [4.78, 5) is 2.32. The molecule has 0 N–H and O–H groups in total. The van der Waals surface area contributed by atoms with Gasteiger partial charge >= 0.3 is 0 Å². The molecule has 0 saturated heterocycles. The Bertz CT molecular complexity index is 1740. The summed E-state index contributed by atoms with van der Waals surface area (Å²) in [7, 11) is 0. The number of rotatable bonds is 3. The van der Waals surface area contributed by atoms with Crippen molar-refractivity contribution in [2.45, 2.75) is 6.92 Å². The van der Waals surface area contributed by atoms with Gasteiger partial charge in [-0.15, -0.1) is 6.42 Å². The maximum atomic E-state index is 5.97. The average Bonchev–Trinajstić information content (AvgIpc) is 2.90. The number of hydrogen-bond acceptors (Lipinski definition) is 1. The first-order valence-corrected chi connectivity index (χ1v) is 11.5. The van der Waals surface area contributed by atoms with E-state index in [9.17, 15) is 0 Å². The maximum absolute atomic E-state index is 5.97. The topological polar surface area (TPSA) is 3.24 Å². The third-order valence-electron chi connectivity index (χ3n) is 6.62. The largest absolute Gasteiger partial charge is 0.308 e. The quantitative estimate of drug-likeness (QED) is 0.199. The molecule has 1 nitrogen and oxygen atoms in total. The van der Waals surface area contributed by atoms with Gasteiger partial charge in [0.25, 0.3) is 0 Å². The van der Waals surface area contributed by atoms with Crippen LogP contribution in [0, 0.1) is 19.3 Å². The summed E-state index contributed by atoms with van der Waals surface area (Å²) < 4.78 is 0. The molecule has 0 fully saturated rings. The number of para-hydroxylation sites is 2. The number of nitrogens with zero attached hydrogens (tertiary/aromatic N) is 1. The van der Waals surface area contributed by atoms with Crippen LogP contribution in [0.1, 0.15) is 11.1 Å². The van der Waals surface area contributed by atoms with Crippen LogP contribution in [0.15, 0.2) is 115 Å². The third-order valence-corrected chi connectivity index (χ3v) is 6.62. The number of terminal acetylenes is 1. The second-order valence-electron chi connectivity index (χ2n) is 8.61. The summed E-state index contributed by atoms with van der Waals surface area (Å²) in [5.41, 5.74) is 5.31. The van der Waals surface area contributed by atoms with Crippen molar-refractivity contribution in [1.29, 1.82) is 0 Å². The Morgan fingerprint density at radius 1 is 0.559 bits per heavy atom. The minimum Gasteiger partial charge on any atom is -0.308 e. The van der Waals surface area contributed by atoms with E-state index in [-0.39, 0.29) is 0 Å². The van der Waals surface area contributed by atoms with Crippen LogP contribution < -0.4 is 4.90 Å². The van der Waals surface area contributed by atoms with E-state index in [1.807, 2.05) is 12.1 Å². The van der Waals surface area contributed by atoms with E-state index in [0.717, 1.165) is 22.6 Å². The van der Waals surface area contributed by atoms with E-state index in [1.54, 1.807) is 0 Å². The zero-order chi connectivity index (χ0) is 23.1. The van der Waals surface area contributed by atoms with Gasteiger partial charge in [0.2, 0.25) is 0 Å². The van der Waals surface area contributed by atoms with E-state index in [1.165, 1.54) is 37.9 Å². The molecule has 0 aliphatic carbocycles. The molecule has 160 valence electrons. The molecule has 0 aliphatic heterocycles. The first kappa shape index (κ1) is 20.1. The van der Waals surface area contributed by atoms with Gasteiger partial charge in [0.15, 0.2) is 0 Å². The highest BCUT2D eigenvalue weighted by atomic mass is 15.1. The highest BCUT2D eigenvalue weighted by molar-refractivity contribution is 6.23. The van der Waals surface area contributed by atoms with Crippen molar-refractivity contribution in [3.8, 4) is 12.3 Å². The summed E-state index contributed by atoms with van der Waals surface area (Å²) in [5, 5.41) is 7.46. The van der Waals surface area contributed by atoms with Gasteiger partial charge in [-0.1, -0.05) is 96.9 Å². The van der Waals surface area contributed by atoms with Crippen molar-refractivity contribution in [3.05, 3.63) is 126 Å². The average molecular weight is 434 g/mol. The summed E-state index contributed by atoms with van der Waals surface area (Å²) in [6.45, 7) is 2.15. The van der Waals surface area contributed by atoms with Gasteiger partial charge in [0, 0.05) is 16.6 Å². The van der Waals surface area contributed by atoms with E-state index < -0.39 is 0 Å². The predicted octanol–water partition coefficient (Wildman–Crippen LogP) is 8.91. The monoisotopic (exact) mass is 433 g/mol. The lowest BCUT2D eigenvalue weighted by molar-refractivity contribution is 1.26. The number of fused-ring (bicyclic) bond motifs is 5. The molecular weight excluding hydrogens is 410 g/mol. The van der Waals surface area contributed by atoms with Gasteiger partial charge < -0.3 is 4.90 Å². The van der Waals surface area contributed by atoms with Crippen molar-refractivity contribution >= 4 is 49.4 Å². The lowest BCUT2D eigenvalue weighted by Crippen LogP contribution is -2.13. The molecule has 0 atom stereocenters. The molecule has 0 aliphatic rings. The fraction of sp³-hybridized carbons (Fsp3) is 0.0303. The Morgan fingerprint density at radius 2 is 1.18 bits per heavy atom. The van der Waals surface area contributed by atoms with Crippen molar-refractivity contribution in [2.24, 2.45) is 0 Å². The minimum atomic E-state index is 0.869. The van der Waals surface area contributed by atoms with Crippen molar-refractivity contribution < 1.29 is 0 Å². The second-order valence-corrected chi connectivity index (χ2v) is 8.61. The molecule has 0 bridgehead atoms. The Kier molecular flexibility index (Phi) is 4.79. The van der Waals surface area contributed by atoms with Crippen molar-refractivity contribution in [3.63, 3.8) is 0 Å². The highest BCUT2D eigenvalue weighted by Crippen LogP contribution is 2.44. The van der Waals surface area contributed by atoms with Gasteiger partial charge in [0.05, 0.1) is 11.4 Å². The predicted molar refractivity (Wildman–Crippen MR) is 146 cm³/mol. The molecule has 0 unspecified atom stereocenters. The molecule has 0 saturated carbocycles. The third kappa shape index (κ3) is 3.12. The van der Waals surface area contributed by atoms with Crippen LogP contribution in [0.5, 0.6) is 0 Å². The normalized spacial score (nSPS) is 11.1. The van der Waals surface area contributed by atoms with Crippen molar-refractivity contribution in [1.82, 2.24) is 0 Å². The Labute approximate surface area is 199 Å². The number of hydrogen-bond donors (Lipinski definition) is 0. The molecule has 0 heterocycles. The van der Waals surface area contributed by atoms with Crippen LogP contribution in [0.3, 0.4) is 0 Å². The van der Waals surface area contributed by atoms with E-state index in [4.69, 9.17) is 6.42 Å². The summed E-state index contributed by atoms with van der Waals surface area (Å²) in [6, 6.07) is 40.7. The number of benzene rings is 6. The van der Waals surface area contributed by atoms with Gasteiger partial charge in [-0.05, 0) is 63.7 Å². The number of anilines is 3. The van der Waals surface area contributed by atoms with Crippen LogP contribution in [0.4, 0.5) is 17.1 Å². The minimum absolute atomic E-state index is 0.869. The fourth-order valence-electron chi connectivity index (χ4n) is 5.04. The summed E-state index contributed by atoms with van der Waals surface area (Å²) in [6.07, 6.45) is 5.97. The lowest BCUT2D eigenvalue weighted by Gasteiger charge is -2.30. The zero-order valence-corrected chi connectivity index (χ0v) is 19.0. The Hall–Kier alpha value is -4.54. The van der Waals surface area contributed by atoms with E-state index in [2.05, 4.69) is 121 Å². The van der Waals surface area contributed by atoms with Crippen LogP contribution in [-0.4, -0.2) is 0 Å². The smallest absolute Gasteiger partial charge is 0.0618 e. The molecule has 0 radical (unpaired) electrons. The van der Waals surface area contributed by atoms with Gasteiger partial charge in [-0.2, -0.15) is 0 Å². The summed E-state index contributed by atoms with van der Waals surface area (Å²) >= 11 is 0. The lowest BCUT2D eigenvalue weighted by atomic mass is 9.94. The molecule has 0 amide bonds. The maximum Gasteiger partial charge on any atom is 0.0618 e. The molecule has 0 aromatic heterocycles. The van der Waals surface area contributed by atoms with Gasteiger partial charge in [-0.3, -0.25) is 0 Å². The van der Waals surface area contributed by atoms with E-state index in [0.29, 0.717) is 0 Å². The van der Waals surface area contributed by atoms with Crippen LogP contribution in [0.25, 0.3) is 32.3 Å². The molecule has 1 heteroatoms. The molecular formula is C33H23N. The highest BCUT2D eigenvalue weighted by Gasteiger charge is 2.20. The molecule has 6 rings (SSSR count). The SMILES string of the molecule is C#Cc1ccccc1N(c1ccccc1C)c1cc2ccc3ccccc3c2c2ccccc12. The molecule has 6 aromatic rings. The van der Waals surface area contributed by atoms with Crippen LogP contribution in [0.2, 0.25) is 0 Å². The van der Waals surface area contributed by atoms with E-state index >= 15 is 0 Å². The standard InChI is InChI=1S/C33H23N/c1-3-24-13-6-11-19-31(24)34(30-18-10-4-12-23(30)2)32-22-26-21-20-25-14-5-7-15-27(25)33(26)29-17-9-8-16-28(29)32/h1,4-22H,2H3. The van der Waals surface area contributed by atoms with Gasteiger partial charge in [-0.25, -0.2) is 0 Å². The van der Waals surface area contributed by atoms with Gasteiger partial charge in [0.1, 0.15) is 0 Å².